The van der Waals surface area contributed by atoms with Gasteiger partial charge in [-0.25, -0.2) is 9.97 Å². The first-order chi connectivity index (χ1) is 15.0. The molecule has 1 atom stereocenters. The topological polar surface area (TPSA) is 129 Å². The van der Waals surface area contributed by atoms with E-state index in [0.29, 0.717) is 49.7 Å². The largest absolute Gasteiger partial charge is 0.497 e. The number of aromatic nitrogens is 2. The molecular formula is C20H25N5O6. The summed E-state index contributed by atoms with van der Waals surface area (Å²) >= 11 is 0. The third-order valence-electron chi connectivity index (χ3n) is 4.99. The molecule has 0 spiro atoms. The zero-order valence-corrected chi connectivity index (χ0v) is 17.7. The summed E-state index contributed by atoms with van der Waals surface area (Å²) < 4.78 is 15.7. The highest BCUT2D eigenvalue weighted by molar-refractivity contribution is 5.78. The van der Waals surface area contributed by atoms with Crippen molar-refractivity contribution in [3.8, 4) is 11.5 Å². The molecule has 3 rings (SSSR count). The summed E-state index contributed by atoms with van der Waals surface area (Å²) in [6.45, 7) is 2.87. The predicted molar refractivity (Wildman–Crippen MR) is 113 cm³/mol. The lowest BCUT2D eigenvalue weighted by molar-refractivity contribution is -0.383. The third kappa shape index (κ3) is 4.93. The van der Waals surface area contributed by atoms with Gasteiger partial charge in [0.05, 0.1) is 37.4 Å². The number of hydrogen-bond donors (Lipinski definition) is 1. The maximum atomic E-state index is 12.2. The fourth-order valence-corrected chi connectivity index (χ4v) is 3.52. The Balaban J connectivity index is 1.95. The Bertz CT molecular complexity index is 954. The molecule has 11 nitrogen and oxygen atoms in total. The molecule has 1 unspecified atom stereocenters. The molecule has 1 aromatic carbocycles. The first-order valence-corrected chi connectivity index (χ1v) is 9.88. The van der Waals surface area contributed by atoms with Crippen molar-refractivity contribution in [3.05, 3.63) is 34.6 Å². The van der Waals surface area contributed by atoms with Gasteiger partial charge in [-0.05, 0) is 31.9 Å². The predicted octanol–water partition coefficient (Wildman–Crippen LogP) is 2.93. The number of carbonyl (C=O) groups excluding carboxylic acids is 1. The highest BCUT2D eigenvalue weighted by Crippen LogP contribution is 2.38. The molecule has 1 aromatic heterocycles. The number of esters is 1. The van der Waals surface area contributed by atoms with Crippen LogP contribution in [0.3, 0.4) is 0 Å². The van der Waals surface area contributed by atoms with Crippen LogP contribution in [0.1, 0.15) is 19.8 Å². The molecule has 0 radical (unpaired) electrons. The van der Waals surface area contributed by atoms with Crippen LogP contribution < -0.4 is 19.7 Å². The van der Waals surface area contributed by atoms with Crippen molar-refractivity contribution < 1.29 is 23.9 Å². The molecule has 0 saturated carbocycles. The number of carbonyl (C=O) groups is 1. The van der Waals surface area contributed by atoms with E-state index in [2.05, 4.69) is 15.3 Å². The lowest BCUT2D eigenvalue weighted by atomic mass is 9.98. The summed E-state index contributed by atoms with van der Waals surface area (Å²) in [6, 6.07) is 5.05. The average Bonchev–Trinajstić information content (AvgIpc) is 2.79. The molecule has 31 heavy (non-hydrogen) atoms. The van der Waals surface area contributed by atoms with Crippen molar-refractivity contribution in [2.24, 2.45) is 5.92 Å². The zero-order valence-electron chi connectivity index (χ0n) is 17.7. The fourth-order valence-electron chi connectivity index (χ4n) is 3.52. The van der Waals surface area contributed by atoms with E-state index in [-0.39, 0.29) is 29.2 Å². The van der Waals surface area contributed by atoms with E-state index in [1.54, 1.807) is 30.0 Å². The molecule has 0 amide bonds. The van der Waals surface area contributed by atoms with E-state index in [9.17, 15) is 14.9 Å². The van der Waals surface area contributed by atoms with Gasteiger partial charge in [-0.3, -0.25) is 14.9 Å². The number of hydrogen-bond acceptors (Lipinski definition) is 10. The summed E-state index contributed by atoms with van der Waals surface area (Å²) in [5.41, 5.74) is 0.175. The summed E-state index contributed by atoms with van der Waals surface area (Å²) in [6.07, 6.45) is 2.61. The maximum absolute atomic E-state index is 12.2. The molecule has 0 aliphatic carbocycles. The zero-order chi connectivity index (χ0) is 22.4. The number of nitrogens with one attached hydrogen (secondary N) is 1. The van der Waals surface area contributed by atoms with Crippen molar-refractivity contribution in [1.82, 2.24) is 9.97 Å². The molecule has 2 aromatic rings. The Hall–Kier alpha value is -3.63. The van der Waals surface area contributed by atoms with Gasteiger partial charge in [-0.15, -0.1) is 0 Å². The Morgan fingerprint density at radius 2 is 2.13 bits per heavy atom. The Morgan fingerprint density at radius 1 is 1.32 bits per heavy atom. The van der Waals surface area contributed by atoms with Crippen molar-refractivity contribution in [3.63, 3.8) is 0 Å². The van der Waals surface area contributed by atoms with E-state index in [1.807, 2.05) is 0 Å². The molecular weight excluding hydrogens is 406 g/mol. The number of nitrogens with zero attached hydrogens (tertiary/aromatic N) is 4. The second-order valence-corrected chi connectivity index (χ2v) is 6.88. The minimum Gasteiger partial charge on any atom is -0.497 e. The normalized spacial score (nSPS) is 15.8. The van der Waals surface area contributed by atoms with Gasteiger partial charge in [0.15, 0.2) is 0 Å². The Morgan fingerprint density at radius 3 is 2.81 bits per heavy atom. The minimum absolute atomic E-state index is 0.0137. The van der Waals surface area contributed by atoms with Crippen LogP contribution in [0.15, 0.2) is 24.5 Å². The van der Waals surface area contributed by atoms with E-state index in [0.717, 1.165) is 0 Å². The van der Waals surface area contributed by atoms with E-state index >= 15 is 0 Å². The SMILES string of the molecule is CCOC(=O)C1CCCN(c2ncnc(Nc3cc(OC)ccc3OC)c2[N+](=O)[O-])C1. The van der Waals surface area contributed by atoms with Gasteiger partial charge in [-0.1, -0.05) is 0 Å². The van der Waals surface area contributed by atoms with E-state index < -0.39 is 4.92 Å². The van der Waals surface area contributed by atoms with Crippen molar-refractivity contribution in [1.29, 1.82) is 0 Å². The van der Waals surface area contributed by atoms with Crippen LogP contribution in [0, 0.1) is 16.0 Å². The van der Waals surface area contributed by atoms with Crippen LogP contribution >= 0.6 is 0 Å². The average molecular weight is 431 g/mol. The van der Waals surface area contributed by atoms with Crippen LogP contribution in [0.4, 0.5) is 23.0 Å². The molecule has 11 heteroatoms. The first kappa shape index (κ1) is 22.1. The maximum Gasteiger partial charge on any atom is 0.353 e. The Kier molecular flexibility index (Phi) is 7.06. The first-order valence-electron chi connectivity index (χ1n) is 9.88. The minimum atomic E-state index is -0.529. The van der Waals surface area contributed by atoms with Gasteiger partial charge in [-0.2, -0.15) is 0 Å². The molecule has 1 aliphatic rings. The molecule has 1 fully saturated rings. The van der Waals surface area contributed by atoms with Crippen molar-refractivity contribution in [2.75, 3.05) is 44.1 Å². The van der Waals surface area contributed by atoms with Gasteiger partial charge < -0.3 is 24.4 Å². The smallest absolute Gasteiger partial charge is 0.353 e. The number of anilines is 3. The molecule has 2 heterocycles. The highest BCUT2D eigenvalue weighted by atomic mass is 16.6. The number of rotatable bonds is 8. The van der Waals surface area contributed by atoms with Gasteiger partial charge in [0, 0.05) is 19.2 Å². The van der Waals surface area contributed by atoms with Crippen LogP contribution in [0.5, 0.6) is 11.5 Å². The molecule has 1 saturated heterocycles. The van der Waals surface area contributed by atoms with E-state index in [4.69, 9.17) is 14.2 Å². The van der Waals surface area contributed by atoms with Crippen LogP contribution in [-0.4, -0.2) is 54.8 Å². The summed E-state index contributed by atoms with van der Waals surface area (Å²) in [5, 5.41) is 14.9. The highest BCUT2D eigenvalue weighted by Gasteiger charge is 2.33. The molecule has 1 N–H and O–H groups in total. The second-order valence-electron chi connectivity index (χ2n) is 6.88. The van der Waals surface area contributed by atoms with Gasteiger partial charge in [0.25, 0.3) is 0 Å². The van der Waals surface area contributed by atoms with Crippen LogP contribution in [-0.2, 0) is 9.53 Å². The van der Waals surface area contributed by atoms with Gasteiger partial charge >= 0.3 is 11.7 Å². The van der Waals surface area contributed by atoms with E-state index in [1.165, 1.54) is 20.5 Å². The van der Waals surface area contributed by atoms with Crippen molar-refractivity contribution in [2.45, 2.75) is 19.8 Å². The Labute approximate surface area is 179 Å². The third-order valence-corrected chi connectivity index (χ3v) is 4.99. The number of ether oxygens (including phenoxy) is 3. The van der Waals surface area contributed by atoms with Gasteiger partial charge in [0.2, 0.25) is 11.6 Å². The number of nitro groups is 1. The molecule has 1 aliphatic heterocycles. The molecule has 166 valence electrons. The fraction of sp³-hybridized carbons (Fsp3) is 0.450. The quantitative estimate of drug-likeness (QED) is 0.378. The standard InChI is InChI=1S/C20H25N5O6/c1-4-31-20(26)13-6-5-9-24(11-13)19-17(25(27)28)18(21-12-22-19)23-15-10-14(29-2)7-8-16(15)30-3/h7-8,10,12-13H,4-6,9,11H2,1-3H3,(H,21,22,23). The lowest BCUT2D eigenvalue weighted by Crippen LogP contribution is -2.40. The number of benzene rings is 1. The van der Waals surface area contributed by atoms with Gasteiger partial charge in [0.1, 0.15) is 17.8 Å². The number of methoxy groups -OCH3 is 2. The van der Waals surface area contributed by atoms with Crippen molar-refractivity contribution >= 4 is 29.0 Å². The van der Waals surface area contributed by atoms with Crippen LogP contribution in [0.25, 0.3) is 0 Å². The second kappa shape index (κ2) is 9.92. The monoisotopic (exact) mass is 431 g/mol. The lowest BCUT2D eigenvalue weighted by Gasteiger charge is -2.32. The molecule has 0 bridgehead atoms. The summed E-state index contributed by atoms with van der Waals surface area (Å²) in [5.74, 6) is 0.517. The number of piperidine rings is 1. The van der Waals surface area contributed by atoms with Crippen LogP contribution in [0.2, 0.25) is 0 Å². The summed E-state index contributed by atoms with van der Waals surface area (Å²) in [4.78, 5) is 33.6. The summed E-state index contributed by atoms with van der Waals surface area (Å²) in [7, 11) is 3.02.